The molecule has 2 unspecified atom stereocenters. The van der Waals surface area contributed by atoms with E-state index in [1.54, 1.807) is 4.90 Å². The highest BCUT2D eigenvalue weighted by atomic mass is 32.2. The molecule has 2 aliphatic heterocycles. The Morgan fingerprint density at radius 1 is 1.15 bits per heavy atom. The Kier molecular flexibility index (Phi) is 9.76. The molecule has 0 spiro atoms. The Bertz CT molecular complexity index is 1360. The minimum Gasteiger partial charge on any atom is -0.509 e. The van der Waals surface area contributed by atoms with Crippen LogP contribution in [0.2, 0.25) is 0 Å². The van der Waals surface area contributed by atoms with Crippen molar-refractivity contribution in [2.24, 2.45) is 16.1 Å². The summed E-state index contributed by atoms with van der Waals surface area (Å²) < 4.78 is 46.7. The zero-order valence-electron chi connectivity index (χ0n) is 25.1. The monoisotopic (exact) mass is 607 g/mol. The van der Waals surface area contributed by atoms with E-state index in [0.717, 1.165) is 50.5 Å². The largest absolute Gasteiger partial charge is 0.509 e. The van der Waals surface area contributed by atoms with Crippen molar-refractivity contribution >= 4 is 40.1 Å². The molecule has 228 valence electrons. The molecule has 41 heavy (non-hydrogen) atoms. The number of rotatable bonds is 11. The zero-order valence-corrected chi connectivity index (χ0v) is 26.8. The molecule has 0 radical (unpaired) electrons. The van der Waals surface area contributed by atoms with Gasteiger partial charge in [-0.25, -0.2) is 8.42 Å². The van der Waals surface area contributed by atoms with Gasteiger partial charge in [-0.3, -0.25) is 9.36 Å². The number of aryl methyl sites for hydroxylation is 1. The number of carbonyl (C=O) groups excluding carboxylic acids is 1. The van der Waals surface area contributed by atoms with Crippen molar-refractivity contribution in [2.45, 2.75) is 91.0 Å². The van der Waals surface area contributed by atoms with Crippen LogP contribution in [0.25, 0.3) is 0 Å². The first-order chi connectivity index (χ1) is 19.2. The van der Waals surface area contributed by atoms with Crippen LogP contribution >= 0.6 is 7.52 Å². The van der Waals surface area contributed by atoms with Crippen LogP contribution in [0.3, 0.4) is 0 Å². The number of sulfone groups is 1. The van der Waals surface area contributed by atoms with Gasteiger partial charge in [-0.15, -0.1) is 0 Å². The van der Waals surface area contributed by atoms with Gasteiger partial charge in [-0.1, -0.05) is 52.5 Å². The Balaban J connectivity index is 1.59. The maximum absolute atomic E-state index is 14.0. The van der Waals surface area contributed by atoms with Crippen LogP contribution < -0.4 is 10.6 Å². The van der Waals surface area contributed by atoms with Gasteiger partial charge in [-0.2, -0.15) is 4.76 Å². The van der Waals surface area contributed by atoms with Gasteiger partial charge >= 0.3 is 7.52 Å². The summed E-state index contributed by atoms with van der Waals surface area (Å²) in [6, 6.07) is 5.15. The maximum atomic E-state index is 14.0. The molecule has 4 rings (SSSR count). The second-order valence-corrected chi connectivity index (χ2v) is 17.3. The van der Waals surface area contributed by atoms with Crippen molar-refractivity contribution < 1.29 is 27.4 Å². The van der Waals surface area contributed by atoms with Gasteiger partial charge < -0.3 is 19.8 Å². The second kappa shape index (κ2) is 12.6. The lowest BCUT2D eigenvalue weighted by Crippen LogP contribution is -2.43. The lowest BCUT2D eigenvalue weighted by atomic mass is 9.82. The van der Waals surface area contributed by atoms with E-state index in [1.807, 2.05) is 18.2 Å². The molecule has 11 heteroatoms. The molecule has 1 aromatic rings. The third-order valence-corrected chi connectivity index (χ3v) is 11.3. The van der Waals surface area contributed by atoms with E-state index in [1.165, 1.54) is 19.8 Å². The molecule has 1 amide bonds. The molecule has 1 aliphatic carbocycles. The average Bonchev–Trinajstić information content (AvgIpc) is 3.15. The molecule has 2 heterocycles. The number of amides is 1. The predicted octanol–water partition coefficient (Wildman–Crippen LogP) is 5.77. The normalized spacial score (nSPS) is 23.9. The molecular formula is C30H46N3O6PS. The van der Waals surface area contributed by atoms with Crippen LogP contribution in [0, 0.1) is 11.3 Å². The van der Waals surface area contributed by atoms with E-state index in [-0.39, 0.29) is 40.2 Å². The Labute approximate surface area is 245 Å². The van der Waals surface area contributed by atoms with Crippen LogP contribution in [0.5, 0.6) is 0 Å². The van der Waals surface area contributed by atoms with Crippen LogP contribution in [0.15, 0.2) is 34.3 Å². The average molecular weight is 608 g/mol. The maximum Gasteiger partial charge on any atom is 0.348 e. The van der Waals surface area contributed by atoms with Crippen LogP contribution in [-0.2, 0) is 30.1 Å². The van der Waals surface area contributed by atoms with E-state index in [2.05, 4.69) is 30.9 Å². The van der Waals surface area contributed by atoms with Crippen LogP contribution in [0.4, 0.5) is 5.69 Å². The molecule has 2 atom stereocenters. The number of benzene rings is 1. The highest BCUT2D eigenvalue weighted by Gasteiger charge is 2.47. The highest BCUT2D eigenvalue weighted by Crippen LogP contribution is 2.52. The molecule has 0 saturated heterocycles. The fourth-order valence-corrected chi connectivity index (χ4v) is 8.35. The van der Waals surface area contributed by atoms with Crippen molar-refractivity contribution in [3.05, 3.63) is 35.1 Å². The molecule has 3 aliphatic rings. The summed E-state index contributed by atoms with van der Waals surface area (Å²) in [5, 5.41) is 15.2. The Morgan fingerprint density at radius 3 is 2.49 bits per heavy atom. The number of nitrogens with one attached hydrogen (secondary N) is 1. The summed E-state index contributed by atoms with van der Waals surface area (Å²) in [6.45, 7) is 6.94. The zero-order chi connectivity index (χ0) is 30.0. The third kappa shape index (κ3) is 7.63. The van der Waals surface area contributed by atoms with Gasteiger partial charge in [0.2, 0.25) is 0 Å². The predicted molar refractivity (Wildman–Crippen MR) is 165 cm³/mol. The molecule has 1 saturated carbocycles. The topological polar surface area (TPSA) is 125 Å². The number of aliphatic hydroxyl groups is 1. The lowest BCUT2D eigenvalue weighted by Gasteiger charge is -2.35. The summed E-state index contributed by atoms with van der Waals surface area (Å²) in [7, 11) is -5.35. The first-order valence-corrected chi connectivity index (χ1v) is 18.4. The van der Waals surface area contributed by atoms with Crippen LogP contribution in [0.1, 0.15) is 84.1 Å². The van der Waals surface area contributed by atoms with Crippen molar-refractivity contribution in [1.29, 1.82) is 0 Å². The summed E-state index contributed by atoms with van der Waals surface area (Å²) in [4.78, 5) is 15.7. The minimum absolute atomic E-state index is 0.0128. The quantitative estimate of drug-likeness (QED) is 0.242. The minimum atomic E-state index is -3.72. The van der Waals surface area contributed by atoms with E-state index >= 15 is 0 Å². The molecule has 9 nitrogen and oxygen atoms in total. The second-order valence-electron chi connectivity index (χ2n) is 13.0. The van der Waals surface area contributed by atoms with Crippen molar-refractivity contribution in [1.82, 2.24) is 4.90 Å². The smallest absolute Gasteiger partial charge is 0.348 e. The van der Waals surface area contributed by atoms with Gasteiger partial charge in [-0.05, 0) is 67.6 Å². The highest BCUT2D eigenvalue weighted by molar-refractivity contribution is 7.90. The number of unbranched alkanes of at least 4 members (excludes halogenated alkanes) is 2. The summed E-state index contributed by atoms with van der Waals surface area (Å²) in [6.07, 6.45) is 10.2. The van der Waals surface area contributed by atoms with E-state index in [0.29, 0.717) is 30.4 Å². The molecular weight excluding hydrogens is 561 g/mol. The van der Waals surface area contributed by atoms with Gasteiger partial charge in [0, 0.05) is 25.7 Å². The van der Waals surface area contributed by atoms with Crippen molar-refractivity contribution in [2.75, 3.05) is 31.0 Å². The SMILES string of the molecule is COP1(=O)N=C(C2=C(O)C(C3CCCCC3)N(CCC(C)(C)C)C2=O)Nc2ccc(CCCCCS(C)(=O)=O)cc21. The number of hydrogen-bond donors (Lipinski definition) is 2. The standard InChI is InChI=1S/C30H46N3O6PS/c1-30(2,3)17-18-33-26(22-13-9-6-10-14-22)27(34)25(29(33)35)28-31-23-16-15-21(12-8-7-11-19-41(5,37)38)20-24(23)40(36,32-28)39-4/h15-16,20,22,26,34H,6-14,17-19H2,1-5H3,(H,31,32,36). The number of carbonyl (C=O) groups is 1. The summed E-state index contributed by atoms with van der Waals surface area (Å²) in [5.74, 6) is 0.173. The number of hydrogen-bond acceptors (Lipinski definition) is 7. The summed E-state index contributed by atoms with van der Waals surface area (Å²) >= 11 is 0. The Hall–Kier alpha value is -2.16. The number of aliphatic hydroxyl groups excluding tert-OH is 1. The first kappa shape index (κ1) is 31.8. The van der Waals surface area contributed by atoms with E-state index in [4.69, 9.17) is 4.52 Å². The van der Waals surface area contributed by atoms with Gasteiger partial charge in [0.15, 0.2) is 5.84 Å². The van der Waals surface area contributed by atoms with E-state index in [9.17, 15) is 22.9 Å². The van der Waals surface area contributed by atoms with Gasteiger partial charge in [0.25, 0.3) is 5.91 Å². The van der Waals surface area contributed by atoms with Gasteiger partial charge in [0.1, 0.15) is 21.2 Å². The number of anilines is 1. The number of nitrogens with zero attached hydrogens (tertiary/aromatic N) is 2. The van der Waals surface area contributed by atoms with Crippen molar-refractivity contribution in [3.8, 4) is 0 Å². The van der Waals surface area contributed by atoms with Crippen LogP contribution in [-0.4, -0.2) is 61.9 Å². The first-order valence-electron chi connectivity index (χ1n) is 14.8. The molecule has 2 N–H and O–H groups in total. The number of fused-ring (bicyclic) bond motifs is 1. The Morgan fingerprint density at radius 2 is 1.85 bits per heavy atom. The molecule has 0 aromatic heterocycles. The molecule has 0 bridgehead atoms. The fourth-order valence-electron chi connectivity index (χ4n) is 6.05. The number of amidine groups is 1. The van der Waals surface area contributed by atoms with Gasteiger partial charge in [0.05, 0.1) is 17.0 Å². The lowest BCUT2D eigenvalue weighted by molar-refractivity contribution is -0.128. The fraction of sp³-hybridized carbons (Fsp3) is 0.667. The third-order valence-electron chi connectivity index (χ3n) is 8.36. The molecule has 1 fully saturated rings. The summed E-state index contributed by atoms with van der Waals surface area (Å²) in [5.41, 5.74) is 1.60. The molecule has 1 aromatic carbocycles. The van der Waals surface area contributed by atoms with Crippen molar-refractivity contribution in [3.63, 3.8) is 0 Å². The van der Waals surface area contributed by atoms with E-state index < -0.39 is 23.4 Å².